The molecule has 6 nitrogen and oxygen atoms in total. The van der Waals surface area contributed by atoms with Gasteiger partial charge in [-0.15, -0.1) is 0 Å². The summed E-state index contributed by atoms with van der Waals surface area (Å²) in [6.45, 7) is 11.0. The maximum absolute atomic E-state index is 13.3. The van der Waals surface area contributed by atoms with E-state index in [1.54, 1.807) is 13.2 Å². The predicted octanol–water partition coefficient (Wildman–Crippen LogP) is 3.14. The van der Waals surface area contributed by atoms with Gasteiger partial charge in [0, 0.05) is 12.8 Å². The van der Waals surface area contributed by atoms with Gasteiger partial charge in [-0.3, -0.25) is 4.79 Å². The van der Waals surface area contributed by atoms with Gasteiger partial charge in [0.1, 0.15) is 5.75 Å². The van der Waals surface area contributed by atoms with E-state index >= 15 is 0 Å². The van der Waals surface area contributed by atoms with Crippen molar-refractivity contribution in [1.29, 1.82) is 0 Å². The summed E-state index contributed by atoms with van der Waals surface area (Å²) < 4.78 is 10.9. The Bertz CT molecular complexity index is 683. The van der Waals surface area contributed by atoms with Crippen LogP contribution in [0.2, 0.25) is 0 Å². The average molecular weight is 363 g/mol. The third-order valence-electron chi connectivity index (χ3n) is 6.06. The summed E-state index contributed by atoms with van der Waals surface area (Å²) in [6.07, 6.45) is 1.74. The molecule has 1 aromatic rings. The van der Waals surface area contributed by atoms with E-state index in [0.29, 0.717) is 17.0 Å². The Morgan fingerprint density at radius 1 is 1.12 bits per heavy atom. The highest BCUT2D eigenvalue weighted by atomic mass is 16.5. The lowest BCUT2D eigenvalue weighted by molar-refractivity contribution is -0.947. The Labute approximate surface area is 156 Å². The number of nitrogens with one attached hydrogen (secondary N) is 1. The smallest absolute Gasteiger partial charge is 0.340 e. The largest absolute Gasteiger partial charge is 0.497 e. The van der Waals surface area contributed by atoms with Gasteiger partial charge in [-0.25, -0.2) is 4.79 Å². The molecule has 6 heteroatoms. The highest BCUT2D eigenvalue weighted by Gasteiger charge is 2.64. The molecule has 1 aliphatic carbocycles. The van der Waals surface area contributed by atoms with Crippen molar-refractivity contribution >= 4 is 17.6 Å². The number of hydrogen-bond acceptors (Lipinski definition) is 4. The van der Waals surface area contributed by atoms with Crippen molar-refractivity contribution in [2.45, 2.75) is 46.1 Å². The van der Waals surface area contributed by atoms with Crippen molar-refractivity contribution in [3.63, 3.8) is 0 Å². The van der Waals surface area contributed by atoms with Crippen LogP contribution in [0.25, 0.3) is 0 Å². The fourth-order valence-corrected chi connectivity index (χ4v) is 4.15. The van der Waals surface area contributed by atoms with Gasteiger partial charge in [0.2, 0.25) is 0 Å². The lowest BCUT2D eigenvalue weighted by Gasteiger charge is -2.43. The van der Waals surface area contributed by atoms with Gasteiger partial charge in [-0.1, -0.05) is 0 Å². The molecule has 26 heavy (non-hydrogen) atoms. The molecule has 1 aliphatic rings. The number of anilines is 1. The van der Waals surface area contributed by atoms with E-state index in [4.69, 9.17) is 9.47 Å². The molecular weight excluding hydrogens is 332 g/mol. The number of methoxy groups -OCH3 is 2. The monoisotopic (exact) mass is 363 g/mol. The summed E-state index contributed by atoms with van der Waals surface area (Å²) >= 11 is 0. The molecular formula is C20H31N2O4+. The number of ether oxygens (including phenoxy) is 2. The van der Waals surface area contributed by atoms with Crippen molar-refractivity contribution in [1.82, 2.24) is 0 Å². The number of likely N-dealkylation sites (N-methyl/N-ethyl adjacent to an activating group) is 1. The van der Waals surface area contributed by atoms with Crippen LogP contribution >= 0.6 is 0 Å². The van der Waals surface area contributed by atoms with Crippen molar-refractivity contribution in [2.24, 2.45) is 0 Å². The van der Waals surface area contributed by atoms with Crippen molar-refractivity contribution in [3.8, 4) is 5.75 Å². The molecule has 0 heterocycles. The van der Waals surface area contributed by atoms with E-state index in [1.807, 2.05) is 13.0 Å². The second-order valence-corrected chi connectivity index (χ2v) is 6.94. The molecule has 0 radical (unpaired) electrons. The molecule has 0 aromatic heterocycles. The van der Waals surface area contributed by atoms with E-state index in [2.05, 4.69) is 26.1 Å². The van der Waals surface area contributed by atoms with Crippen molar-refractivity contribution in [3.05, 3.63) is 23.3 Å². The third kappa shape index (κ3) is 3.18. The molecule has 1 saturated carbocycles. The van der Waals surface area contributed by atoms with Crippen LogP contribution in [0.1, 0.15) is 49.5 Å². The summed E-state index contributed by atoms with van der Waals surface area (Å²) in [5, 5.41) is 3.05. The average Bonchev–Trinajstić information content (AvgIpc) is 3.46. The number of aryl methyl sites for hydroxylation is 1. The first-order valence-corrected chi connectivity index (χ1v) is 9.29. The first kappa shape index (κ1) is 20.2. The minimum atomic E-state index is -0.491. The van der Waals surface area contributed by atoms with Crippen LogP contribution in [0.15, 0.2) is 12.1 Å². The zero-order chi connectivity index (χ0) is 19.5. The molecule has 0 spiro atoms. The lowest BCUT2D eigenvalue weighted by Crippen LogP contribution is -2.61. The van der Waals surface area contributed by atoms with E-state index in [9.17, 15) is 9.59 Å². The number of quaternary nitrogens is 1. The van der Waals surface area contributed by atoms with Crippen LogP contribution in [-0.4, -0.2) is 55.8 Å². The molecule has 2 rings (SSSR count). The van der Waals surface area contributed by atoms with Gasteiger partial charge >= 0.3 is 5.97 Å². The Balaban J connectivity index is 2.42. The summed E-state index contributed by atoms with van der Waals surface area (Å²) in [5.41, 5.74) is 1.20. The standard InChI is InChI=1S/C20H30N2O4/c1-7-22(8-2,9-3)20(10-11-20)19(24)21-17-14(4)12-15(25-5)13-16(17)18(23)26-6/h12-13H,7-11H2,1-6H3/p+1. The first-order chi connectivity index (χ1) is 12.3. The van der Waals surface area contributed by atoms with E-state index < -0.39 is 11.5 Å². The number of rotatable bonds is 8. The molecule has 1 amide bonds. The van der Waals surface area contributed by atoms with Gasteiger partial charge in [0.05, 0.1) is 45.1 Å². The van der Waals surface area contributed by atoms with Crippen molar-refractivity contribution in [2.75, 3.05) is 39.2 Å². The number of esters is 1. The third-order valence-corrected chi connectivity index (χ3v) is 6.06. The molecule has 0 aliphatic heterocycles. The Hall–Kier alpha value is -2.08. The van der Waals surface area contributed by atoms with Crippen LogP contribution in [-0.2, 0) is 9.53 Å². The molecule has 1 N–H and O–H groups in total. The van der Waals surface area contributed by atoms with Gasteiger partial charge in [0.15, 0.2) is 5.54 Å². The minimum absolute atomic E-state index is 0.0125. The quantitative estimate of drug-likeness (QED) is 0.569. The summed E-state index contributed by atoms with van der Waals surface area (Å²) in [4.78, 5) is 25.5. The molecule has 1 fully saturated rings. The zero-order valence-electron chi connectivity index (χ0n) is 16.8. The van der Waals surface area contributed by atoms with E-state index in [1.165, 1.54) is 7.11 Å². The van der Waals surface area contributed by atoms with Crippen LogP contribution < -0.4 is 10.1 Å². The summed E-state index contributed by atoms with van der Waals surface area (Å²) in [6, 6.07) is 3.42. The Morgan fingerprint density at radius 2 is 1.69 bits per heavy atom. The number of nitrogens with zero attached hydrogens (tertiary/aromatic N) is 1. The molecule has 144 valence electrons. The number of carbonyl (C=O) groups excluding carboxylic acids is 2. The SMILES string of the molecule is CC[N+](CC)(CC)C1(C(=O)Nc2c(C)cc(OC)cc2C(=O)OC)CC1. The second-order valence-electron chi connectivity index (χ2n) is 6.94. The maximum Gasteiger partial charge on any atom is 0.340 e. The molecule has 0 saturated heterocycles. The van der Waals surface area contributed by atoms with Crippen LogP contribution in [0.3, 0.4) is 0 Å². The van der Waals surface area contributed by atoms with Gasteiger partial charge in [-0.2, -0.15) is 0 Å². The molecule has 1 aromatic carbocycles. The number of carbonyl (C=O) groups is 2. The second kappa shape index (κ2) is 7.66. The van der Waals surface area contributed by atoms with E-state index in [-0.39, 0.29) is 5.91 Å². The fraction of sp³-hybridized carbons (Fsp3) is 0.600. The zero-order valence-corrected chi connectivity index (χ0v) is 16.8. The Kier molecular flexibility index (Phi) is 5.96. The van der Waals surface area contributed by atoms with E-state index in [0.717, 1.165) is 42.5 Å². The van der Waals surface area contributed by atoms with Gasteiger partial charge < -0.3 is 19.3 Å². The van der Waals surface area contributed by atoms with Crippen LogP contribution in [0.4, 0.5) is 5.69 Å². The van der Waals surface area contributed by atoms with Crippen LogP contribution in [0.5, 0.6) is 5.75 Å². The predicted molar refractivity (Wildman–Crippen MR) is 102 cm³/mol. The minimum Gasteiger partial charge on any atom is -0.497 e. The summed E-state index contributed by atoms with van der Waals surface area (Å²) in [5.74, 6) is 0.0543. The first-order valence-electron chi connectivity index (χ1n) is 9.29. The maximum atomic E-state index is 13.3. The fourth-order valence-electron chi connectivity index (χ4n) is 4.15. The normalized spacial score (nSPS) is 15.3. The molecule has 0 bridgehead atoms. The van der Waals surface area contributed by atoms with Gasteiger partial charge in [-0.05, 0) is 45.4 Å². The number of amides is 1. The van der Waals surface area contributed by atoms with Gasteiger partial charge in [0.25, 0.3) is 5.91 Å². The highest BCUT2D eigenvalue weighted by Crippen LogP contribution is 2.48. The van der Waals surface area contributed by atoms with Crippen LogP contribution in [0, 0.1) is 6.92 Å². The Morgan fingerprint density at radius 3 is 2.12 bits per heavy atom. The summed E-state index contributed by atoms with van der Waals surface area (Å²) in [7, 11) is 2.88. The topological polar surface area (TPSA) is 64.6 Å². The van der Waals surface area contributed by atoms with Crippen molar-refractivity contribution < 1.29 is 23.5 Å². The number of benzene rings is 1. The lowest BCUT2D eigenvalue weighted by atomic mass is 10.0. The highest BCUT2D eigenvalue weighted by molar-refractivity contribution is 6.06. The molecule has 0 unspecified atom stereocenters. The number of hydrogen-bond donors (Lipinski definition) is 1. The molecule has 0 atom stereocenters.